The van der Waals surface area contributed by atoms with Gasteiger partial charge in [0, 0.05) is 32.6 Å². The van der Waals surface area contributed by atoms with E-state index in [0.717, 1.165) is 0 Å². The average molecular weight is 490 g/mol. The molecule has 35 heavy (non-hydrogen) atoms. The highest BCUT2D eigenvalue weighted by Crippen LogP contribution is 2.18. The van der Waals surface area contributed by atoms with Gasteiger partial charge in [0.05, 0.1) is 32.6 Å². The summed E-state index contributed by atoms with van der Waals surface area (Å²) in [6, 6.07) is 6.80. The Kier molecular flexibility index (Phi) is 9.86. The van der Waals surface area contributed by atoms with E-state index in [-0.39, 0.29) is 30.6 Å². The summed E-state index contributed by atoms with van der Waals surface area (Å²) in [5.41, 5.74) is 0.682. The Balaban J connectivity index is 1.65. The summed E-state index contributed by atoms with van der Waals surface area (Å²) < 4.78 is 23.9. The number of rotatable bonds is 4. The van der Waals surface area contributed by atoms with E-state index in [4.69, 9.17) is 18.9 Å². The number of ether oxygens (including phenoxy) is 4. The molecule has 0 saturated carbocycles. The van der Waals surface area contributed by atoms with E-state index in [2.05, 4.69) is 15.6 Å². The zero-order valence-electron chi connectivity index (χ0n) is 20.8. The summed E-state index contributed by atoms with van der Waals surface area (Å²) in [6.45, 7) is 6.04. The minimum absolute atomic E-state index is 0.0136. The number of methoxy groups -OCH3 is 1. The smallest absolute Gasteiger partial charge is 0.415 e. The lowest BCUT2D eigenvalue weighted by molar-refractivity contribution is -0.144. The van der Waals surface area contributed by atoms with E-state index in [1.807, 2.05) is 13.8 Å². The number of cyclic esters (lactones) is 1. The quantitative estimate of drug-likeness (QED) is 0.645. The molecule has 2 heterocycles. The molecule has 1 aromatic heterocycles. The first-order valence-corrected chi connectivity index (χ1v) is 11.8. The maximum atomic E-state index is 12.7. The summed E-state index contributed by atoms with van der Waals surface area (Å²) in [5.74, 6) is 0.917. The van der Waals surface area contributed by atoms with Gasteiger partial charge >= 0.3 is 12.1 Å². The molecular formula is C24H35N5O6. The fraction of sp³-hybridized carbons (Fsp3) is 0.583. The Morgan fingerprint density at radius 2 is 2.00 bits per heavy atom. The number of carbonyl (C=O) groups excluding carboxylic acids is 2. The second-order valence-corrected chi connectivity index (χ2v) is 8.82. The lowest BCUT2D eigenvalue weighted by atomic mass is 10.0. The maximum Gasteiger partial charge on any atom is 0.415 e. The van der Waals surface area contributed by atoms with E-state index >= 15 is 0 Å². The Labute approximate surface area is 205 Å². The number of benzene rings is 1. The molecule has 11 nitrogen and oxygen atoms in total. The first-order valence-electron chi connectivity index (χ1n) is 11.8. The van der Waals surface area contributed by atoms with Crippen molar-refractivity contribution < 1.29 is 28.5 Å². The van der Waals surface area contributed by atoms with Crippen LogP contribution in [0.25, 0.3) is 0 Å². The largest absolute Gasteiger partial charge is 0.497 e. The van der Waals surface area contributed by atoms with Crippen molar-refractivity contribution in [2.45, 2.75) is 52.0 Å². The van der Waals surface area contributed by atoms with E-state index in [1.165, 1.54) is 4.90 Å². The molecule has 0 saturated heterocycles. The van der Waals surface area contributed by atoms with Crippen molar-refractivity contribution in [3.63, 3.8) is 0 Å². The van der Waals surface area contributed by atoms with E-state index in [9.17, 15) is 9.59 Å². The fourth-order valence-corrected chi connectivity index (χ4v) is 3.52. The Morgan fingerprint density at radius 3 is 2.74 bits per heavy atom. The van der Waals surface area contributed by atoms with E-state index in [1.54, 1.807) is 49.3 Å². The first-order chi connectivity index (χ1) is 16.8. The number of hydrogen-bond acceptors (Lipinski definition) is 9. The zero-order valence-corrected chi connectivity index (χ0v) is 20.8. The standard InChI is InChI=1S/C24H35N5O6/c1-17-12-25-18(2)15-34-23(30)6-5-11-29-13-19(26-27-29)16-33-22(17)14-28(3)24(31)35-21-9-7-20(32-4)8-10-21/h7-10,13,17-18,22,25H,5-6,11-12,14-16H2,1-4H3/t17-,18-,22-/m0/s1. The third-order valence-electron chi connectivity index (χ3n) is 5.75. The van der Waals surface area contributed by atoms with Crippen LogP contribution in [0.5, 0.6) is 11.5 Å². The Bertz CT molecular complexity index is 950. The molecule has 1 aromatic carbocycles. The minimum atomic E-state index is -0.489. The van der Waals surface area contributed by atoms with Crippen LogP contribution in [0.15, 0.2) is 30.5 Å². The van der Waals surface area contributed by atoms with Gasteiger partial charge in [0.2, 0.25) is 0 Å². The summed E-state index contributed by atoms with van der Waals surface area (Å²) in [6.07, 6.45) is 1.96. The van der Waals surface area contributed by atoms with Crippen LogP contribution in [-0.2, 0) is 27.4 Å². The summed E-state index contributed by atoms with van der Waals surface area (Å²) in [4.78, 5) is 26.2. The van der Waals surface area contributed by atoms with Crippen LogP contribution in [-0.4, -0.2) is 78.0 Å². The number of aryl methyl sites for hydroxylation is 1. The van der Waals surface area contributed by atoms with Crippen molar-refractivity contribution in [2.75, 3.05) is 33.9 Å². The highest BCUT2D eigenvalue weighted by molar-refractivity contribution is 5.70. The number of amides is 1. The number of nitrogens with zero attached hydrogens (tertiary/aromatic N) is 4. The normalized spacial score (nSPS) is 22.2. The van der Waals surface area contributed by atoms with Crippen molar-refractivity contribution >= 4 is 12.1 Å². The second-order valence-electron chi connectivity index (χ2n) is 8.82. The third-order valence-corrected chi connectivity index (χ3v) is 5.75. The molecule has 1 amide bonds. The molecule has 1 aliphatic heterocycles. The molecule has 3 rings (SSSR count). The molecule has 0 spiro atoms. The van der Waals surface area contributed by atoms with Gasteiger partial charge in [-0.15, -0.1) is 5.10 Å². The van der Waals surface area contributed by atoms with Gasteiger partial charge in [0.1, 0.15) is 23.8 Å². The van der Waals surface area contributed by atoms with Crippen LogP contribution in [0, 0.1) is 5.92 Å². The average Bonchev–Trinajstić information content (AvgIpc) is 3.31. The fourth-order valence-electron chi connectivity index (χ4n) is 3.52. The van der Waals surface area contributed by atoms with Gasteiger partial charge in [0.25, 0.3) is 0 Å². The molecule has 1 N–H and O–H groups in total. The molecule has 1 aliphatic rings. The molecule has 192 valence electrons. The van der Waals surface area contributed by atoms with Gasteiger partial charge < -0.3 is 29.2 Å². The summed E-state index contributed by atoms with van der Waals surface area (Å²) >= 11 is 0. The van der Waals surface area contributed by atoms with E-state index in [0.29, 0.717) is 56.3 Å². The van der Waals surface area contributed by atoms with Crippen LogP contribution < -0.4 is 14.8 Å². The topological polar surface area (TPSA) is 117 Å². The molecular weight excluding hydrogens is 454 g/mol. The lowest BCUT2D eigenvalue weighted by Gasteiger charge is -2.29. The number of fused-ring (bicyclic) bond motifs is 2. The van der Waals surface area contributed by atoms with Crippen LogP contribution in [0.1, 0.15) is 32.4 Å². The number of likely N-dealkylation sites (N-methyl/N-ethyl adjacent to an activating group) is 1. The number of nitrogens with one attached hydrogen (secondary N) is 1. The predicted molar refractivity (Wildman–Crippen MR) is 127 cm³/mol. The Hall–Kier alpha value is -3.18. The van der Waals surface area contributed by atoms with Crippen LogP contribution in [0.2, 0.25) is 0 Å². The molecule has 0 unspecified atom stereocenters. The second kappa shape index (κ2) is 13.1. The monoisotopic (exact) mass is 489 g/mol. The van der Waals surface area contributed by atoms with Crippen molar-refractivity contribution in [3.05, 3.63) is 36.2 Å². The molecule has 3 atom stereocenters. The van der Waals surface area contributed by atoms with Crippen LogP contribution in [0.4, 0.5) is 4.79 Å². The maximum absolute atomic E-state index is 12.7. The van der Waals surface area contributed by atoms with Gasteiger partial charge in [0.15, 0.2) is 0 Å². The van der Waals surface area contributed by atoms with Gasteiger partial charge in [-0.2, -0.15) is 0 Å². The highest BCUT2D eigenvalue weighted by Gasteiger charge is 2.24. The molecule has 0 fully saturated rings. The van der Waals surface area contributed by atoms with Crippen LogP contribution in [0.3, 0.4) is 0 Å². The van der Waals surface area contributed by atoms with Gasteiger partial charge in [-0.05, 0) is 43.5 Å². The third kappa shape index (κ3) is 8.52. The predicted octanol–water partition coefficient (Wildman–Crippen LogP) is 2.25. The summed E-state index contributed by atoms with van der Waals surface area (Å²) in [5, 5.41) is 11.6. The number of aromatic nitrogens is 3. The molecule has 0 aliphatic carbocycles. The number of carbonyl (C=O) groups is 2. The van der Waals surface area contributed by atoms with Crippen molar-refractivity contribution in [3.8, 4) is 11.5 Å². The molecule has 2 bridgehead atoms. The van der Waals surface area contributed by atoms with Crippen molar-refractivity contribution in [2.24, 2.45) is 5.92 Å². The highest BCUT2D eigenvalue weighted by atomic mass is 16.6. The van der Waals surface area contributed by atoms with E-state index < -0.39 is 6.09 Å². The van der Waals surface area contributed by atoms with Crippen LogP contribution >= 0.6 is 0 Å². The van der Waals surface area contributed by atoms with Gasteiger partial charge in [-0.3, -0.25) is 9.48 Å². The first kappa shape index (κ1) is 26.4. The van der Waals surface area contributed by atoms with Gasteiger partial charge in [-0.25, -0.2) is 4.79 Å². The summed E-state index contributed by atoms with van der Waals surface area (Å²) in [7, 11) is 3.25. The number of hydrogen-bond donors (Lipinski definition) is 1. The number of esters is 1. The molecule has 0 radical (unpaired) electrons. The lowest BCUT2D eigenvalue weighted by Crippen LogP contribution is -2.44. The van der Waals surface area contributed by atoms with Crippen molar-refractivity contribution in [1.82, 2.24) is 25.2 Å². The molecule has 11 heteroatoms. The Morgan fingerprint density at radius 1 is 1.26 bits per heavy atom. The minimum Gasteiger partial charge on any atom is -0.497 e. The van der Waals surface area contributed by atoms with Crippen molar-refractivity contribution in [1.29, 1.82) is 0 Å². The van der Waals surface area contributed by atoms with Gasteiger partial charge in [-0.1, -0.05) is 12.1 Å². The zero-order chi connectivity index (χ0) is 25.2. The molecule has 2 aromatic rings. The SMILES string of the molecule is COc1ccc(OC(=O)N(C)C[C@@H]2OCc3cn(nn3)CCCC(=O)OC[C@H](C)NC[C@@H]2C)cc1.